The highest BCUT2D eigenvalue weighted by molar-refractivity contribution is 5.93. The SMILES string of the molecule is CCC(CC)(C(=O)N[C@H](C(=O)N(C)[C@H](C=C(C)C(=O)O)C(C)C)C(C)(C)C)N(C)C. The molecule has 0 radical (unpaired) electrons. The Hall–Kier alpha value is -1.89. The van der Waals surface area contributed by atoms with Crippen LogP contribution in [-0.4, -0.2) is 71.5 Å². The van der Waals surface area contributed by atoms with Gasteiger partial charge in [-0.25, -0.2) is 4.79 Å². The van der Waals surface area contributed by atoms with Crippen LogP contribution in [-0.2, 0) is 14.4 Å². The van der Waals surface area contributed by atoms with E-state index in [-0.39, 0.29) is 23.3 Å². The van der Waals surface area contributed by atoms with E-state index in [1.807, 2.05) is 67.5 Å². The molecule has 0 aromatic carbocycles. The van der Waals surface area contributed by atoms with Gasteiger partial charge in [-0.1, -0.05) is 54.5 Å². The number of hydrogen-bond acceptors (Lipinski definition) is 4. The molecule has 2 amide bonds. The maximum Gasteiger partial charge on any atom is 0.331 e. The van der Waals surface area contributed by atoms with Crippen LogP contribution in [0.3, 0.4) is 0 Å². The van der Waals surface area contributed by atoms with Crippen molar-refractivity contribution in [1.82, 2.24) is 15.1 Å². The molecule has 0 aliphatic heterocycles. The Morgan fingerprint density at radius 1 is 1.03 bits per heavy atom. The average Bonchev–Trinajstić information content (AvgIpc) is 2.62. The highest BCUT2D eigenvalue weighted by atomic mass is 16.4. The van der Waals surface area contributed by atoms with Crippen LogP contribution >= 0.6 is 0 Å². The van der Waals surface area contributed by atoms with Crippen molar-refractivity contribution in [3.05, 3.63) is 11.6 Å². The number of carbonyl (C=O) groups excluding carboxylic acids is 2. The van der Waals surface area contributed by atoms with Gasteiger partial charge < -0.3 is 15.3 Å². The van der Waals surface area contributed by atoms with Crippen molar-refractivity contribution in [1.29, 1.82) is 0 Å². The first kappa shape index (κ1) is 28.1. The Kier molecular flexibility index (Phi) is 10.2. The summed E-state index contributed by atoms with van der Waals surface area (Å²) in [6.45, 7) is 15.1. The predicted molar refractivity (Wildman–Crippen MR) is 121 cm³/mol. The fourth-order valence-electron chi connectivity index (χ4n) is 3.75. The number of carbonyl (C=O) groups is 3. The number of amides is 2. The van der Waals surface area contributed by atoms with Gasteiger partial charge in [-0.15, -0.1) is 0 Å². The van der Waals surface area contributed by atoms with Gasteiger partial charge in [-0.05, 0) is 45.2 Å². The van der Waals surface area contributed by atoms with Crippen molar-refractivity contribution in [2.75, 3.05) is 21.1 Å². The largest absolute Gasteiger partial charge is 0.478 e. The van der Waals surface area contributed by atoms with Gasteiger partial charge in [0, 0.05) is 12.6 Å². The Morgan fingerprint density at radius 2 is 1.50 bits per heavy atom. The number of carboxylic acid groups (broad SMARTS) is 1. The Bertz CT molecular complexity index is 643. The van der Waals surface area contributed by atoms with Crippen molar-refractivity contribution >= 4 is 17.8 Å². The summed E-state index contributed by atoms with van der Waals surface area (Å²) in [6.07, 6.45) is 2.85. The molecule has 0 aliphatic carbocycles. The third-order valence-corrected chi connectivity index (χ3v) is 6.07. The molecule has 0 spiro atoms. The molecule has 0 saturated carbocycles. The maximum absolute atomic E-state index is 13.5. The van der Waals surface area contributed by atoms with Crippen LogP contribution in [0.1, 0.15) is 68.2 Å². The number of hydrogen-bond donors (Lipinski definition) is 2. The molecule has 7 heteroatoms. The lowest BCUT2D eigenvalue weighted by molar-refractivity contribution is -0.143. The third kappa shape index (κ3) is 6.56. The summed E-state index contributed by atoms with van der Waals surface area (Å²) < 4.78 is 0. The fraction of sp³-hybridized carbons (Fsp3) is 0.783. The molecule has 0 aliphatic rings. The average molecular weight is 426 g/mol. The zero-order valence-electron chi connectivity index (χ0n) is 20.8. The van der Waals surface area contributed by atoms with Gasteiger partial charge in [0.1, 0.15) is 6.04 Å². The highest BCUT2D eigenvalue weighted by Crippen LogP contribution is 2.27. The topological polar surface area (TPSA) is 90.0 Å². The van der Waals surface area contributed by atoms with Crippen molar-refractivity contribution in [3.8, 4) is 0 Å². The van der Waals surface area contributed by atoms with E-state index in [9.17, 15) is 19.5 Å². The zero-order chi connectivity index (χ0) is 24.0. The second-order valence-electron chi connectivity index (χ2n) is 9.74. The summed E-state index contributed by atoms with van der Waals surface area (Å²) in [5, 5.41) is 12.3. The lowest BCUT2D eigenvalue weighted by Crippen LogP contribution is -2.63. The van der Waals surface area contributed by atoms with E-state index in [4.69, 9.17) is 0 Å². The van der Waals surface area contributed by atoms with Crippen molar-refractivity contribution in [2.24, 2.45) is 11.3 Å². The zero-order valence-corrected chi connectivity index (χ0v) is 20.8. The van der Waals surface area contributed by atoms with Crippen molar-refractivity contribution < 1.29 is 19.5 Å². The Balaban J connectivity index is 6.05. The number of rotatable bonds is 10. The van der Waals surface area contributed by atoms with Crippen LogP contribution in [0.4, 0.5) is 0 Å². The number of nitrogens with zero attached hydrogens (tertiary/aromatic N) is 2. The summed E-state index contributed by atoms with van der Waals surface area (Å²) in [6, 6.07) is -1.14. The van der Waals surface area contributed by atoms with Gasteiger partial charge in [0.05, 0.1) is 11.6 Å². The first-order chi connectivity index (χ1) is 13.6. The molecule has 0 fully saturated rings. The Morgan fingerprint density at radius 3 is 1.80 bits per heavy atom. The minimum absolute atomic E-state index is 0.0109. The van der Waals surface area contributed by atoms with Crippen LogP contribution in [0.15, 0.2) is 11.6 Å². The molecule has 0 saturated heterocycles. The highest BCUT2D eigenvalue weighted by Gasteiger charge is 2.43. The number of aliphatic carboxylic acids is 1. The second-order valence-corrected chi connectivity index (χ2v) is 9.74. The first-order valence-corrected chi connectivity index (χ1v) is 10.7. The van der Waals surface area contributed by atoms with Gasteiger partial charge in [-0.2, -0.15) is 0 Å². The van der Waals surface area contributed by atoms with Crippen LogP contribution in [0.5, 0.6) is 0 Å². The van der Waals surface area contributed by atoms with E-state index >= 15 is 0 Å². The summed E-state index contributed by atoms with van der Waals surface area (Å²) in [5.74, 6) is -1.40. The van der Waals surface area contributed by atoms with E-state index in [2.05, 4.69) is 5.32 Å². The smallest absolute Gasteiger partial charge is 0.331 e. The molecule has 0 heterocycles. The van der Waals surface area contributed by atoms with E-state index in [1.54, 1.807) is 18.0 Å². The van der Waals surface area contributed by atoms with E-state index in [1.165, 1.54) is 6.92 Å². The van der Waals surface area contributed by atoms with Gasteiger partial charge in [0.2, 0.25) is 11.8 Å². The molecule has 2 N–H and O–H groups in total. The van der Waals surface area contributed by atoms with E-state index in [0.29, 0.717) is 12.8 Å². The standard InChI is InChI=1S/C23H43N3O4/c1-12-23(13-2,25(9)10)21(30)24-18(22(6,7)8)19(27)26(11)17(15(3)4)14-16(5)20(28)29/h14-15,17-18H,12-13H2,1-11H3,(H,24,30)(H,28,29)/t17-,18-/m1/s1. The summed E-state index contributed by atoms with van der Waals surface area (Å²) in [7, 11) is 5.42. The number of nitrogens with one attached hydrogen (secondary N) is 1. The first-order valence-electron chi connectivity index (χ1n) is 10.7. The van der Waals surface area contributed by atoms with Gasteiger partial charge >= 0.3 is 5.97 Å². The van der Waals surface area contributed by atoms with E-state index < -0.39 is 29.0 Å². The number of carboxylic acids is 1. The van der Waals surface area contributed by atoms with Crippen LogP contribution < -0.4 is 5.32 Å². The minimum atomic E-state index is -1.01. The molecule has 0 unspecified atom stereocenters. The molecular weight excluding hydrogens is 382 g/mol. The lowest BCUT2D eigenvalue weighted by Gasteiger charge is -2.42. The normalized spacial score (nSPS) is 15.2. The molecule has 0 aromatic heterocycles. The van der Waals surface area contributed by atoms with Crippen LogP contribution in [0.25, 0.3) is 0 Å². The fourth-order valence-corrected chi connectivity index (χ4v) is 3.75. The molecule has 0 aromatic rings. The predicted octanol–water partition coefficient (Wildman–Crippen LogP) is 3.15. The van der Waals surface area contributed by atoms with Gasteiger partial charge in [-0.3, -0.25) is 14.5 Å². The quantitative estimate of drug-likeness (QED) is 0.525. The molecule has 7 nitrogen and oxygen atoms in total. The Labute approximate surface area is 182 Å². The molecule has 0 bridgehead atoms. The number of likely N-dealkylation sites (N-methyl/N-ethyl adjacent to an activating group) is 2. The monoisotopic (exact) mass is 425 g/mol. The van der Waals surface area contributed by atoms with Crippen molar-refractivity contribution in [3.63, 3.8) is 0 Å². The lowest BCUT2D eigenvalue weighted by atomic mass is 9.83. The molecule has 30 heavy (non-hydrogen) atoms. The molecule has 0 rings (SSSR count). The van der Waals surface area contributed by atoms with Crippen LogP contribution in [0, 0.1) is 11.3 Å². The summed E-state index contributed by atoms with van der Waals surface area (Å²) >= 11 is 0. The van der Waals surface area contributed by atoms with Gasteiger partial charge in [0.25, 0.3) is 0 Å². The van der Waals surface area contributed by atoms with E-state index in [0.717, 1.165) is 0 Å². The molecule has 174 valence electrons. The van der Waals surface area contributed by atoms with Crippen LogP contribution in [0.2, 0.25) is 0 Å². The maximum atomic E-state index is 13.5. The molecular formula is C23H43N3O4. The molecule has 2 atom stereocenters. The summed E-state index contributed by atoms with van der Waals surface area (Å²) in [5.41, 5.74) is -1.03. The third-order valence-electron chi connectivity index (χ3n) is 6.07. The minimum Gasteiger partial charge on any atom is -0.478 e. The second kappa shape index (κ2) is 10.9. The van der Waals surface area contributed by atoms with Crippen molar-refractivity contribution in [2.45, 2.75) is 85.9 Å². The summed E-state index contributed by atoms with van der Waals surface area (Å²) in [4.78, 5) is 41.6. The van der Waals surface area contributed by atoms with Gasteiger partial charge in [0.15, 0.2) is 0 Å².